The number of hydrogen-bond acceptors (Lipinski definition) is 2. The predicted molar refractivity (Wildman–Crippen MR) is 53.1 cm³/mol. The third kappa shape index (κ3) is 3.93. The first kappa shape index (κ1) is 12.5. The summed E-state index contributed by atoms with van der Waals surface area (Å²) in [5.74, 6) is -1.02. The summed E-state index contributed by atoms with van der Waals surface area (Å²) < 4.78 is 0. The van der Waals surface area contributed by atoms with Crippen molar-refractivity contribution in [3.8, 4) is 0 Å². The van der Waals surface area contributed by atoms with Crippen molar-refractivity contribution in [3.63, 3.8) is 0 Å². The number of nitrogens with one attached hydrogen (secondary N) is 1. The number of carbonyl (C=O) groups excluding carboxylic acids is 1. The van der Waals surface area contributed by atoms with Crippen LogP contribution in [0.1, 0.15) is 13.3 Å². The average molecular weight is 200 g/mol. The van der Waals surface area contributed by atoms with Crippen LogP contribution in [0.5, 0.6) is 0 Å². The summed E-state index contributed by atoms with van der Waals surface area (Å²) in [5.41, 5.74) is 0. The molecule has 0 aliphatic heterocycles. The lowest BCUT2D eigenvalue weighted by Gasteiger charge is -2.19. The summed E-state index contributed by atoms with van der Waals surface area (Å²) in [5, 5.41) is 11.1. The minimum Gasteiger partial charge on any atom is -0.480 e. The van der Waals surface area contributed by atoms with Gasteiger partial charge in [-0.15, -0.1) is 6.58 Å². The van der Waals surface area contributed by atoms with E-state index in [1.807, 2.05) is 0 Å². The van der Waals surface area contributed by atoms with Crippen LogP contribution in [0.25, 0.3) is 0 Å². The Morgan fingerprint density at radius 3 is 2.57 bits per heavy atom. The maximum absolute atomic E-state index is 11.3. The van der Waals surface area contributed by atoms with Crippen LogP contribution in [-0.4, -0.2) is 41.6 Å². The Balaban J connectivity index is 4.14. The highest BCUT2D eigenvalue weighted by Crippen LogP contribution is 1.93. The molecule has 0 heterocycles. The van der Waals surface area contributed by atoms with Crippen LogP contribution < -0.4 is 5.32 Å². The minimum atomic E-state index is -1.02. The van der Waals surface area contributed by atoms with Gasteiger partial charge in [0, 0.05) is 13.6 Å². The molecular formula is C9H16N2O3. The summed E-state index contributed by atoms with van der Waals surface area (Å²) >= 11 is 0. The van der Waals surface area contributed by atoms with Crippen molar-refractivity contribution in [2.75, 3.05) is 13.6 Å². The van der Waals surface area contributed by atoms with E-state index in [9.17, 15) is 9.59 Å². The van der Waals surface area contributed by atoms with E-state index >= 15 is 0 Å². The van der Waals surface area contributed by atoms with Crippen molar-refractivity contribution in [3.05, 3.63) is 12.7 Å². The molecule has 5 heteroatoms. The van der Waals surface area contributed by atoms with Crippen LogP contribution in [0.15, 0.2) is 12.7 Å². The predicted octanol–water partition coefficient (Wildman–Crippen LogP) is 0.677. The standard InChI is InChI=1S/C9H16N2O3/c1-4-6-11(3)9(14)10-7(5-2)8(12)13/h4,7H,1,5-6H2,2-3H3,(H,10,14)(H,12,13). The Kier molecular flexibility index (Phi) is 5.36. The van der Waals surface area contributed by atoms with Crippen molar-refractivity contribution in [1.82, 2.24) is 10.2 Å². The first-order chi connectivity index (χ1) is 6.52. The van der Waals surface area contributed by atoms with Gasteiger partial charge in [0.15, 0.2) is 0 Å². The van der Waals surface area contributed by atoms with E-state index in [1.54, 1.807) is 20.0 Å². The number of likely N-dealkylation sites (N-methyl/N-ethyl adjacent to an activating group) is 1. The zero-order valence-electron chi connectivity index (χ0n) is 8.49. The third-order valence-corrected chi connectivity index (χ3v) is 1.75. The lowest BCUT2D eigenvalue weighted by atomic mass is 10.2. The Hall–Kier alpha value is -1.52. The van der Waals surface area contributed by atoms with E-state index in [4.69, 9.17) is 5.11 Å². The van der Waals surface area contributed by atoms with E-state index in [0.29, 0.717) is 13.0 Å². The molecule has 0 aliphatic carbocycles. The number of carboxylic acids is 1. The molecule has 1 unspecified atom stereocenters. The number of amides is 2. The highest BCUT2D eigenvalue weighted by Gasteiger charge is 2.18. The Morgan fingerprint density at radius 1 is 1.64 bits per heavy atom. The molecule has 0 fully saturated rings. The Labute approximate surface area is 83.4 Å². The normalized spacial score (nSPS) is 11.6. The molecule has 1 atom stereocenters. The first-order valence-corrected chi connectivity index (χ1v) is 4.38. The molecule has 0 bridgehead atoms. The fraction of sp³-hybridized carbons (Fsp3) is 0.556. The monoisotopic (exact) mass is 200 g/mol. The van der Waals surface area contributed by atoms with Gasteiger partial charge in [-0.2, -0.15) is 0 Å². The highest BCUT2D eigenvalue weighted by atomic mass is 16.4. The molecule has 0 spiro atoms. The van der Waals surface area contributed by atoms with E-state index < -0.39 is 18.0 Å². The quantitative estimate of drug-likeness (QED) is 0.641. The molecule has 5 nitrogen and oxygen atoms in total. The summed E-state index contributed by atoms with van der Waals surface area (Å²) in [7, 11) is 1.57. The van der Waals surface area contributed by atoms with Gasteiger partial charge in [0.1, 0.15) is 6.04 Å². The molecule has 0 aromatic rings. The van der Waals surface area contributed by atoms with E-state index in [1.165, 1.54) is 4.90 Å². The molecule has 0 radical (unpaired) electrons. The Morgan fingerprint density at radius 2 is 2.21 bits per heavy atom. The SMILES string of the molecule is C=CCN(C)C(=O)NC(CC)C(=O)O. The number of rotatable bonds is 5. The molecule has 2 amide bonds. The summed E-state index contributed by atoms with van der Waals surface area (Å²) in [6.45, 7) is 5.57. The minimum absolute atomic E-state index is 0.364. The summed E-state index contributed by atoms with van der Waals surface area (Å²) in [6.07, 6.45) is 1.93. The summed E-state index contributed by atoms with van der Waals surface area (Å²) in [4.78, 5) is 23.3. The number of carboxylic acid groups (broad SMARTS) is 1. The van der Waals surface area contributed by atoms with Crippen LogP contribution in [-0.2, 0) is 4.79 Å². The van der Waals surface area contributed by atoms with Crippen LogP contribution in [0.2, 0.25) is 0 Å². The highest BCUT2D eigenvalue weighted by molar-refractivity contribution is 5.82. The molecule has 0 aromatic carbocycles. The van der Waals surface area contributed by atoms with E-state index in [2.05, 4.69) is 11.9 Å². The van der Waals surface area contributed by atoms with Crippen molar-refractivity contribution < 1.29 is 14.7 Å². The van der Waals surface area contributed by atoms with Crippen LogP contribution in [0.3, 0.4) is 0 Å². The lowest BCUT2D eigenvalue weighted by Crippen LogP contribution is -2.46. The molecule has 2 N–H and O–H groups in total. The van der Waals surface area contributed by atoms with Crippen molar-refractivity contribution >= 4 is 12.0 Å². The van der Waals surface area contributed by atoms with Gasteiger partial charge < -0.3 is 15.3 Å². The van der Waals surface area contributed by atoms with Crippen LogP contribution >= 0.6 is 0 Å². The second-order valence-electron chi connectivity index (χ2n) is 2.92. The molecule has 0 aromatic heterocycles. The second kappa shape index (κ2) is 6.01. The van der Waals surface area contributed by atoms with Crippen LogP contribution in [0.4, 0.5) is 4.79 Å². The van der Waals surface area contributed by atoms with Crippen molar-refractivity contribution in [2.24, 2.45) is 0 Å². The van der Waals surface area contributed by atoms with Gasteiger partial charge in [0.2, 0.25) is 0 Å². The molecule has 80 valence electrons. The topological polar surface area (TPSA) is 69.6 Å². The van der Waals surface area contributed by atoms with Crippen molar-refractivity contribution in [1.29, 1.82) is 0 Å². The van der Waals surface area contributed by atoms with Gasteiger partial charge in [-0.25, -0.2) is 9.59 Å². The fourth-order valence-electron chi connectivity index (χ4n) is 0.874. The smallest absolute Gasteiger partial charge is 0.326 e. The fourth-order valence-corrected chi connectivity index (χ4v) is 0.874. The number of aliphatic carboxylic acids is 1. The second-order valence-corrected chi connectivity index (χ2v) is 2.92. The Bertz CT molecular complexity index is 228. The number of carbonyl (C=O) groups is 2. The van der Waals surface area contributed by atoms with E-state index in [0.717, 1.165) is 0 Å². The molecule has 0 saturated carbocycles. The van der Waals surface area contributed by atoms with Gasteiger partial charge in [-0.05, 0) is 6.42 Å². The largest absolute Gasteiger partial charge is 0.480 e. The third-order valence-electron chi connectivity index (χ3n) is 1.75. The lowest BCUT2D eigenvalue weighted by molar-refractivity contribution is -0.139. The van der Waals surface area contributed by atoms with Gasteiger partial charge in [0.25, 0.3) is 0 Å². The maximum atomic E-state index is 11.3. The van der Waals surface area contributed by atoms with Gasteiger partial charge in [0.05, 0.1) is 0 Å². The molecule has 14 heavy (non-hydrogen) atoms. The van der Waals surface area contributed by atoms with Crippen molar-refractivity contribution in [2.45, 2.75) is 19.4 Å². The number of urea groups is 1. The van der Waals surface area contributed by atoms with Gasteiger partial charge in [-0.1, -0.05) is 13.0 Å². The van der Waals surface area contributed by atoms with Gasteiger partial charge in [-0.3, -0.25) is 0 Å². The van der Waals surface area contributed by atoms with E-state index in [-0.39, 0.29) is 0 Å². The molecule has 0 rings (SSSR count). The molecular weight excluding hydrogens is 184 g/mol. The number of nitrogens with zero attached hydrogens (tertiary/aromatic N) is 1. The zero-order valence-corrected chi connectivity index (χ0v) is 8.49. The number of hydrogen-bond donors (Lipinski definition) is 2. The summed E-state index contributed by atoms with van der Waals surface area (Å²) in [6, 6.07) is -1.23. The molecule has 0 saturated heterocycles. The van der Waals surface area contributed by atoms with Crippen LogP contribution in [0, 0.1) is 0 Å². The maximum Gasteiger partial charge on any atom is 0.326 e. The van der Waals surface area contributed by atoms with Gasteiger partial charge >= 0.3 is 12.0 Å². The average Bonchev–Trinajstić information content (AvgIpc) is 2.13. The zero-order chi connectivity index (χ0) is 11.1. The molecule has 0 aliphatic rings. The first-order valence-electron chi connectivity index (χ1n) is 4.38.